The quantitative estimate of drug-likeness (QED) is 0.917. The van der Waals surface area contributed by atoms with Gasteiger partial charge in [-0.1, -0.05) is 0 Å². The maximum Gasteiger partial charge on any atom is 0.125 e. The smallest absolute Gasteiger partial charge is 0.125 e. The number of hydrogen-bond donors (Lipinski definition) is 1. The molecular formula is C15H20FN3O. The maximum atomic E-state index is 13.5. The summed E-state index contributed by atoms with van der Waals surface area (Å²) in [6.07, 6.45) is 0. The number of nitrogens with zero attached hydrogens (tertiary/aromatic N) is 2. The van der Waals surface area contributed by atoms with Crippen LogP contribution in [-0.2, 0) is 10.2 Å². The third-order valence-corrected chi connectivity index (χ3v) is 4.20. The molecule has 108 valence electrons. The number of fused-ring (bicyclic) bond motifs is 1. The summed E-state index contributed by atoms with van der Waals surface area (Å²) < 4.78 is 21.2. The molecule has 1 aliphatic rings. The summed E-state index contributed by atoms with van der Waals surface area (Å²) in [4.78, 5) is 4.72. The molecule has 20 heavy (non-hydrogen) atoms. The zero-order valence-corrected chi connectivity index (χ0v) is 12.1. The topological polar surface area (TPSA) is 53.1 Å². The molecule has 0 amide bonds. The first-order chi connectivity index (χ1) is 9.43. The van der Waals surface area contributed by atoms with Gasteiger partial charge in [-0.3, -0.25) is 0 Å². The van der Waals surface area contributed by atoms with E-state index in [1.807, 2.05) is 0 Å². The zero-order valence-electron chi connectivity index (χ0n) is 12.1. The minimum absolute atomic E-state index is 0.0957. The van der Waals surface area contributed by atoms with Gasteiger partial charge in [0.05, 0.1) is 29.7 Å². The number of hydrogen-bond acceptors (Lipinski definition) is 3. The van der Waals surface area contributed by atoms with Crippen molar-refractivity contribution in [3.05, 3.63) is 29.8 Å². The van der Waals surface area contributed by atoms with E-state index in [1.54, 1.807) is 6.07 Å². The summed E-state index contributed by atoms with van der Waals surface area (Å²) in [5.41, 5.74) is 7.50. The highest BCUT2D eigenvalue weighted by atomic mass is 19.1. The van der Waals surface area contributed by atoms with Gasteiger partial charge in [0.1, 0.15) is 11.6 Å². The van der Waals surface area contributed by atoms with Crippen molar-refractivity contribution < 1.29 is 9.13 Å². The monoisotopic (exact) mass is 277 g/mol. The lowest BCUT2D eigenvalue weighted by Gasteiger charge is -2.28. The van der Waals surface area contributed by atoms with E-state index in [0.29, 0.717) is 13.2 Å². The van der Waals surface area contributed by atoms with Gasteiger partial charge in [0.25, 0.3) is 0 Å². The van der Waals surface area contributed by atoms with E-state index >= 15 is 0 Å². The van der Waals surface area contributed by atoms with Gasteiger partial charge in [-0.2, -0.15) is 0 Å². The van der Waals surface area contributed by atoms with Crippen LogP contribution in [0, 0.1) is 5.82 Å². The van der Waals surface area contributed by atoms with E-state index < -0.39 is 0 Å². The van der Waals surface area contributed by atoms with Gasteiger partial charge in [0, 0.05) is 12.1 Å². The molecule has 1 fully saturated rings. The fourth-order valence-corrected chi connectivity index (χ4v) is 2.91. The zero-order chi connectivity index (χ0) is 14.5. The number of benzene rings is 1. The molecule has 1 aromatic heterocycles. The molecule has 5 heteroatoms. The van der Waals surface area contributed by atoms with Gasteiger partial charge < -0.3 is 15.0 Å². The second-order valence-electron chi connectivity index (χ2n) is 6.07. The molecule has 0 radical (unpaired) electrons. The molecule has 1 aromatic carbocycles. The van der Waals surface area contributed by atoms with E-state index in [0.717, 1.165) is 16.9 Å². The van der Waals surface area contributed by atoms with Gasteiger partial charge in [0.15, 0.2) is 0 Å². The molecule has 2 N–H and O–H groups in total. The molecule has 2 heterocycles. The van der Waals surface area contributed by atoms with Crippen LogP contribution in [0.25, 0.3) is 11.0 Å². The second-order valence-corrected chi connectivity index (χ2v) is 6.07. The average molecular weight is 277 g/mol. The van der Waals surface area contributed by atoms with Crippen molar-refractivity contribution in [2.75, 3.05) is 13.2 Å². The molecule has 0 aliphatic carbocycles. The predicted octanol–water partition coefficient (Wildman–Crippen LogP) is 2.37. The number of imidazole rings is 1. The summed E-state index contributed by atoms with van der Waals surface area (Å²) in [6, 6.07) is 4.79. The summed E-state index contributed by atoms with van der Waals surface area (Å²) in [5, 5.41) is 0. The van der Waals surface area contributed by atoms with Gasteiger partial charge in [-0.05, 0) is 39.0 Å². The second kappa shape index (κ2) is 4.53. The van der Waals surface area contributed by atoms with E-state index in [1.165, 1.54) is 12.1 Å². The number of rotatable bonds is 2. The third-order valence-electron chi connectivity index (χ3n) is 4.20. The highest BCUT2D eigenvalue weighted by molar-refractivity contribution is 5.76. The van der Waals surface area contributed by atoms with Crippen molar-refractivity contribution in [1.82, 2.24) is 9.55 Å². The Morgan fingerprint density at radius 3 is 2.85 bits per heavy atom. The average Bonchev–Trinajstić information content (AvgIpc) is 2.91. The van der Waals surface area contributed by atoms with Crippen LogP contribution in [-0.4, -0.2) is 28.8 Å². The van der Waals surface area contributed by atoms with E-state index in [2.05, 4.69) is 25.3 Å². The number of halogens is 1. The number of ether oxygens (including phenoxy) is 1. The largest absolute Gasteiger partial charge is 0.379 e. The van der Waals surface area contributed by atoms with E-state index in [4.69, 9.17) is 15.5 Å². The number of nitrogens with two attached hydrogens (primary N) is 1. The Hall–Kier alpha value is -1.46. The Balaban J connectivity index is 2.27. The summed E-state index contributed by atoms with van der Waals surface area (Å²) in [7, 11) is 0. The first-order valence-electron chi connectivity index (χ1n) is 6.95. The summed E-state index contributed by atoms with van der Waals surface area (Å²) in [6.45, 7) is 7.29. The van der Waals surface area contributed by atoms with Crippen LogP contribution in [0.2, 0.25) is 0 Å². The fraction of sp³-hybridized carbons (Fsp3) is 0.533. The molecule has 2 atom stereocenters. The lowest BCUT2D eigenvalue weighted by Crippen LogP contribution is -2.44. The van der Waals surface area contributed by atoms with Gasteiger partial charge >= 0.3 is 0 Å². The Labute approximate surface area is 117 Å². The molecule has 2 unspecified atom stereocenters. The Morgan fingerprint density at radius 2 is 2.25 bits per heavy atom. The predicted molar refractivity (Wildman–Crippen MR) is 76.2 cm³/mol. The lowest BCUT2D eigenvalue weighted by atomic mass is 9.84. The first-order valence-corrected chi connectivity index (χ1v) is 6.95. The lowest BCUT2D eigenvalue weighted by molar-refractivity contribution is 0.177. The van der Waals surface area contributed by atoms with E-state index in [-0.39, 0.29) is 23.3 Å². The molecule has 4 nitrogen and oxygen atoms in total. The Kier molecular flexibility index (Phi) is 3.06. The van der Waals surface area contributed by atoms with Crippen molar-refractivity contribution in [2.24, 2.45) is 5.73 Å². The molecule has 2 aromatic rings. The minimum atomic E-state index is -0.334. The minimum Gasteiger partial charge on any atom is -0.379 e. The maximum absolute atomic E-state index is 13.5. The van der Waals surface area contributed by atoms with Crippen molar-refractivity contribution in [1.29, 1.82) is 0 Å². The molecular weight excluding hydrogens is 257 g/mol. The molecule has 0 spiro atoms. The first kappa shape index (κ1) is 13.5. The highest BCUT2D eigenvalue weighted by Gasteiger charge is 2.43. The normalized spacial score (nSPS) is 26.8. The highest BCUT2D eigenvalue weighted by Crippen LogP contribution is 2.35. The van der Waals surface area contributed by atoms with Gasteiger partial charge in [-0.15, -0.1) is 0 Å². The standard InChI is InChI=1S/C15H20FN3O/c1-9(2)19-12-6-10(16)4-5-11(12)18-14(19)15(3)8-20-7-13(15)17/h4-6,9,13H,7-8,17H2,1-3H3. The number of aromatic nitrogens is 2. The van der Waals surface area contributed by atoms with Crippen LogP contribution in [0.1, 0.15) is 32.6 Å². The summed E-state index contributed by atoms with van der Waals surface area (Å²) >= 11 is 0. The van der Waals surface area contributed by atoms with Crippen LogP contribution in [0.5, 0.6) is 0 Å². The molecule has 3 rings (SSSR count). The van der Waals surface area contributed by atoms with Crippen LogP contribution in [0.4, 0.5) is 4.39 Å². The van der Waals surface area contributed by atoms with Crippen molar-refractivity contribution in [3.63, 3.8) is 0 Å². The SMILES string of the molecule is CC(C)n1c(C2(C)COCC2N)nc2ccc(F)cc21. The molecule has 0 saturated carbocycles. The van der Waals surface area contributed by atoms with E-state index in [9.17, 15) is 4.39 Å². The van der Waals surface area contributed by atoms with Crippen LogP contribution < -0.4 is 5.73 Å². The Morgan fingerprint density at radius 1 is 1.50 bits per heavy atom. The molecule has 1 aliphatic heterocycles. The van der Waals surface area contributed by atoms with Crippen LogP contribution in [0.3, 0.4) is 0 Å². The van der Waals surface area contributed by atoms with Crippen LogP contribution in [0.15, 0.2) is 18.2 Å². The third kappa shape index (κ3) is 1.84. The summed E-state index contributed by atoms with van der Waals surface area (Å²) in [5.74, 6) is 0.640. The Bertz CT molecular complexity index is 652. The van der Waals surface area contributed by atoms with Crippen molar-refractivity contribution in [3.8, 4) is 0 Å². The molecule has 1 saturated heterocycles. The van der Waals surface area contributed by atoms with Gasteiger partial charge in [0.2, 0.25) is 0 Å². The van der Waals surface area contributed by atoms with Crippen LogP contribution >= 0.6 is 0 Å². The molecule has 0 bridgehead atoms. The van der Waals surface area contributed by atoms with Crippen molar-refractivity contribution in [2.45, 2.75) is 38.3 Å². The van der Waals surface area contributed by atoms with Crippen molar-refractivity contribution >= 4 is 11.0 Å². The van der Waals surface area contributed by atoms with Gasteiger partial charge in [-0.25, -0.2) is 9.37 Å². The fourth-order valence-electron chi connectivity index (χ4n) is 2.91.